The summed E-state index contributed by atoms with van der Waals surface area (Å²) in [6.07, 6.45) is 0.678. The van der Waals surface area contributed by atoms with Gasteiger partial charge in [0, 0.05) is 31.6 Å². The van der Waals surface area contributed by atoms with E-state index in [1.54, 1.807) is 6.92 Å². The molecule has 1 unspecified atom stereocenters. The Morgan fingerprint density at radius 3 is 2.61 bits per heavy atom. The van der Waals surface area contributed by atoms with Gasteiger partial charge in [0.05, 0.1) is 0 Å². The van der Waals surface area contributed by atoms with Crippen molar-refractivity contribution in [2.75, 3.05) is 19.6 Å². The van der Waals surface area contributed by atoms with Crippen molar-refractivity contribution in [1.29, 1.82) is 0 Å². The third-order valence-corrected chi connectivity index (χ3v) is 5.42. The van der Waals surface area contributed by atoms with Crippen LogP contribution in [-0.2, 0) is 15.0 Å². The van der Waals surface area contributed by atoms with E-state index < -0.39 is 34.8 Å². The standard InChI is InChI=1S/C11H25BN4O6S/c1-8(13)5-15-23(21,22)16-6-9(3-2-4-12(19)20)11(14,7-16)10(17)18/h8-9,15,19-20H,2-7,13-14H2,1H3,(H,17,18)/t8?,9-,11+/m1/s1. The number of hydrogen-bond acceptors (Lipinski definition) is 7. The number of nitrogens with two attached hydrogens (primary N) is 2. The lowest BCUT2D eigenvalue weighted by Gasteiger charge is -2.25. The van der Waals surface area contributed by atoms with Crippen LogP contribution in [0.25, 0.3) is 0 Å². The predicted molar refractivity (Wildman–Crippen MR) is 84.4 cm³/mol. The van der Waals surface area contributed by atoms with Gasteiger partial charge in [0.25, 0.3) is 10.2 Å². The van der Waals surface area contributed by atoms with Gasteiger partial charge in [-0.15, -0.1) is 0 Å². The number of nitrogens with one attached hydrogen (secondary N) is 1. The number of carboxylic acids is 1. The highest BCUT2D eigenvalue weighted by atomic mass is 32.2. The van der Waals surface area contributed by atoms with Crippen LogP contribution in [0.4, 0.5) is 0 Å². The summed E-state index contributed by atoms with van der Waals surface area (Å²) in [6.45, 7) is 1.28. The molecule has 1 rings (SSSR count). The Morgan fingerprint density at radius 2 is 2.13 bits per heavy atom. The Kier molecular flexibility index (Phi) is 6.95. The second-order valence-electron chi connectivity index (χ2n) is 6.08. The Bertz CT molecular complexity index is 517. The van der Waals surface area contributed by atoms with Gasteiger partial charge in [0.1, 0.15) is 5.54 Å². The first-order chi connectivity index (χ1) is 10.5. The summed E-state index contributed by atoms with van der Waals surface area (Å²) in [4.78, 5) is 11.5. The van der Waals surface area contributed by atoms with E-state index in [-0.39, 0.29) is 38.4 Å². The first-order valence-corrected chi connectivity index (χ1v) is 8.81. The largest absolute Gasteiger partial charge is 0.480 e. The molecule has 12 heteroatoms. The van der Waals surface area contributed by atoms with Crippen LogP contribution in [0.15, 0.2) is 0 Å². The summed E-state index contributed by atoms with van der Waals surface area (Å²) in [5, 5.41) is 27.1. The van der Waals surface area contributed by atoms with Crippen LogP contribution in [0, 0.1) is 5.92 Å². The van der Waals surface area contributed by atoms with Crippen molar-refractivity contribution in [2.45, 2.75) is 37.7 Å². The fraction of sp³-hybridized carbons (Fsp3) is 0.909. The normalized spacial score (nSPS) is 27.1. The fourth-order valence-corrected chi connectivity index (χ4v) is 3.96. The van der Waals surface area contributed by atoms with Crippen LogP contribution < -0.4 is 16.2 Å². The Morgan fingerprint density at radius 1 is 1.52 bits per heavy atom. The lowest BCUT2D eigenvalue weighted by molar-refractivity contribution is -0.144. The number of rotatable bonds is 9. The Balaban J connectivity index is 2.81. The molecule has 8 N–H and O–H groups in total. The zero-order valence-corrected chi connectivity index (χ0v) is 13.9. The molecule has 1 aliphatic rings. The zero-order chi connectivity index (χ0) is 17.8. The molecule has 1 fully saturated rings. The van der Waals surface area contributed by atoms with E-state index in [2.05, 4.69) is 4.72 Å². The highest BCUT2D eigenvalue weighted by Crippen LogP contribution is 2.31. The molecule has 10 nitrogen and oxygen atoms in total. The van der Waals surface area contributed by atoms with Crippen molar-refractivity contribution in [2.24, 2.45) is 17.4 Å². The fourth-order valence-electron chi connectivity index (χ4n) is 2.54. The van der Waals surface area contributed by atoms with Gasteiger partial charge in [-0.1, -0.05) is 6.42 Å². The third-order valence-electron chi connectivity index (χ3n) is 3.93. The molecule has 0 radical (unpaired) electrons. The number of carboxylic acid groups (broad SMARTS) is 1. The van der Waals surface area contributed by atoms with Crippen molar-refractivity contribution < 1.29 is 28.4 Å². The third kappa shape index (κ3) is 5.38. The van der Waals surface area contributed by atoms with Crippen LogP contribution in [-0.4, -0.2) is 72.2 Å². The number of hydrogen-bond donors (Lipinski definition) is 6. The van der Waals surface area contributed by atoms with Gasteiger partial charge >= 0.3 is 13.1 Å². The summed E-state index contributed by atoms with van der Waals surface area (Å²) in [7, 11) is -5.36. The molecule has 0 aromatic rings. The molecular formula is C11H25BN4O6S. The first kappa shape index (κ1) is 20.3. The van der Waals surface area contributed by atoms with Crippen LogP contribution >= 0.6 is 0 Å². The van der Waals surface area contributed by atoms with Gasteiger partial charge in [-0.05, 0) is 19.7 Å². The highest BCUT2D eigenvalue weighted by Gasteiger charge is 2.52. The van der Waals surface area contributed by atoms with Gasteiger partial charge in [-0.25, -0.2) is 4.72 Å². The molecule has 0 bridgehead atoms. The summed E-state index contributed by atoms with van der Waals surface area (Å²) in [5.41, 5.74) is 9.73. The Labute approximate surface area is 136 Å². The van der Waals surface area contributed by atoms with Crippen molar-refractivity contribution in [3.8, 4) is 0 Å². The van der Waals surface area contributed by atoms with Gasteiger partial charge in [-0.2, -0.15) is 12.7 Å². The van der Waals surface area contributed by atoms with E-state index in [4.69, 9.17) is 21.5 Å². The lowest BCUT2D eigenvalue weighted by Crippen LogP contribution is -2.55. The molecule has 0 saturated carbocycles. The van der Waals surface area contributed by atoms with Crippen molar-refractivity contribution in [3.05, 3.63) is 0 Å². The van der Waals surface area contributed by atoms with Crippen molar-refractivity contribution in [3.63, 3.8) is 0 Å². The average molecular weight is 352 g/mol. The minimum atomic E-state index is -3.87. The summed E-state index contributed by atoms with van der Waals surface area (Å²) in [6, 6.07) is -0.378. The molecule has 0 aromatic heterocycles. The number of aliphatic carboxylic acids is 1. The number of nitrogens with zero attached hydrogens (tertiary/aromatic N) is 1. The molecule has 0 spiro atoms. The van der Waals surface area contributed by atoms with E-state index in [0.29, 0.717) is 6.42 Å². The summed E-state index contributed by atoms with van der Waals surface area (Å²) in [5.74, 6) is -1.90. The average Bonchev–Trinajstić information content (AvgIpc) is 2.76. The Hall–Kier alpha value is -0.755. The van der Waals surface area contributed by atoms with Crippen LogP contribution in [0.5, 0.6) is 0 Å². The van der Waals surface area contributed by atoms with E-state index in [0.717, 1.165) is 4.31 Å². The molecule has 134 valence electrons. The van der Waals surface area contributed by atoms with Gasteiger partial charge in [0.2, 0.25) is 0 Å². The van der Waals surface area contributed by atoms with Crippen molar-refractivity contribution in [1.82, 2.24) is 9.03 Å². The zero-order valence-electron chi connectivity index (χ0n) is 13.1. The second-order valence-corrected chi connectivity index (χ2v) is 7.83. The van der Waals surface area contributed by atoms with Crippen molar-refractivity contribution >= 4 is 23.3 Å². The monoisotopic (exact) mass is 352 g/mol. The molecule has 1 aliphatic heterocycles. The van der Waals surface area contributed by atoms with E-state index in [1.807, 2.05) is 0 Å². The second kappa shape index (κ2) is 7.88. The summed E-state index contributed by atoms with van der Waals surface area (Å²) >= 11 is 0. The smallest absolute Gasteiger partial charge is 0.451 e. The van der Waals surface area contributed by atoms with Crippen LogP contribution in [0.2, 0.25) is 6.32 Å². The van der Waals surface area contributed by atoms with E-state index >= 15 is 0 Å². The maximum absolute atomic E-state index is 12.2. The highest BCUT2D eigenvalue weighted by molar-refractivity contribution is 7.87. The molecule has 0 aliphatic carbocycles. The molecule has 23 heavy (non-hydrogen) atoms. The molecule has 1 saturated heterocycles. The van der Waals surface area contributed by atoms with E-state index in [1.165, 1.54) is 0 Å². The quantitative estimate of drug-likeness (QED) is 0.240. The topological polar surface area (TPSA) is 179 Å². The molecule has 1 heterocycles. The maximum Gasteiger partial charge on any atom is 0.451 e. The van der Waals surface area contributed by atoms with E-state index in [9.17, 15) is 18.3 Å². The first-order valence-electron chi connectivity index (χ1n) is 7.37. The van der Waals surface area contributed by atoms with Gasteiger partial charge in [-0.3, -0.25) is 4.79 Å². The van der Waals surface area contributed by atoms with Crippen LogP contribution in [0.3, 0.4) is 0 Å². The molecule has 3 atom stereocenters. The predicted octanol–water partition coefficient (Wildman–Crippen LogP) is -2.87. The molecule has 0 aromatic carbocycles. The van der Waals surface area contributed by atoms with Gasteiger partial charge < -0.3 is 26.6 Å². The molecule has 0 amide bonds. The minimum absolute atomic E-state index is 0.0326. The minimum Gasteiger partial charge on any atom is -0.480 e. The lowest BCUT2D eigenvalue weighted by atomic mass is 9.78. The summed E-state index contributed by atoms with van der Waals surface area (Å²) < 4.78 is 27.7. The van der Waals surface area contributed by atoms with Gasteiger partial charge in [0.15, 0.2) is 0 Å². The van der Waals surface area contributed by atoms with Crippen LogP contribution in [0.1, 0.15) is 19.8 Å². The number of carbonyl (C=O) groups is 1. The SMILES string of the molecule is CC(N)CNS(=O)(=O)N1C[C@@H](CCCB(O)O)[C@](N)(C(=O)O)C1. The maximum atomic E-state index is 12.2. The molecular weight excluding hydrogens is 327 g/mol.